The average Bonchev–Trinajstić information content (AvgIpc) is 2.92. The summed E-state index contributed by atoms with van der Waals surface area (Å²) in [5.41, 5.74) is 3.24. The van der Waals surface area contributed by atoms with Crippen molar-refractivity contribution in [3.8, 4) is 0 Å². The number of hydrogen-bond donors (Lipinski definition) is 1. The zero-order valence-electron chi connectivity index (χ0n) is 14.9. The molecule has 0 radical (unpaired) electrons. The molecule has 25 heavy (non-hydrogen) atoms. The van der Waals surface area contributed by atoms with Crippen LogP contribution in [-0.2, 0) is 30.4 Å². The number of nitrogens with one attached hydrogen (secondary N) is 1. The van der Waals surface area contributed by atoms with Gasteiger partial charge in [0.15, 0.2) is 0 Å². The summed E-state index contributed by atoms with van der Waals surface area (Å²) < 4.78 is 7.14. The lowest BCUT2D eigenvalue weighted by atomic mass is 9.87. The normalized spacial score (nSPS) is 11.2. The quantitative estimate of drug-likeness (QED) is 0.498. The van der Waals surface area contributed by atoms with Gasteiger partial charge in [0.25, 0.3) is 10.9 Å². The third kappa shape index (κ3) is 5.29. The van der Waals surface area contributed by atoms with Gasteiger partial charge in [0, 0.05) is 19.7 Å². The van der Waals surface area contributed by atoms with Crippen LogP contribution in [0.4, 0.5) is 5.69 Å². The third-order valence-electron chi connectivity index (χ3n) is 3.91. The Hall–Kier alpha value is -2.41. The van der Waals surface area contributed by atoms with Crippen LogP contribution in [-0.4, -0.2) is 14.7 Å². The first-order valence-electron chi connectivity index (χ1n) is 7.96. The Morgan fingerprint density at radius 1 is 1.32 bits per heavy atom. The van der Waals surface area contributed by atoms with Gasteiger partial charge in [-0.3, -0.25) is 10.1 Å². The number of aryl methyl sites for hydroxylation is 1. The van der Waals surface area contributed by atoms with Crippen molar-refractivity contribution in [2.24, 2.45) is 7.05 Å². The van der Waals surface area contributed by atoms with Gasteiger partial charge in [-0.05, 0) is 28.8 Å². The predicted octanol–water partition coefficient (Wildman–Crippen LogP) is 3.82. The summed E-state index contributed by atoms with van der Waals surface area (Å²) in [6, 6.07) is 9.84. The molecule has 6 nitrogen and oxygen atoms in total. The Bertz CT molecular complexity index is 761. The molecule has 0 atom stereocenters. The van der Waals surface area contributed by atoms with Gasteiger partial charge in [-0.15, -0.1) is 0 Å². The predicted molar refractivity (Wildman–Crippen MR) is 101 cm³/mol. The van der Waals surface area contributed by atoms with Crippen LogP contribution >= 0.6 is 12.2 Å². The van der Waals surface area contributed by atoms with Crippen LogP contribution in [0.1, 0.15) is 37.6 Å². The summed E-state index contributed by atoms with van der Waals surface area (Å²) in [5.74, 6) is 0. The topological polar surface area (TPSA) is 69.3 Å². The first-order chi connectivity index (χ1) is 11.7. The maximum absolute atomic E-state index is 10.8. The summed E-state index contributed by atoms with van der Waals surface area (Å²) in [6.07, 6.45) is 1.45. The molecular weight excluding hydrogens is 338 g/mol. The van der Waals surface area contributed by atoms with E-state index in [1.54, 1.807) is 11.6 Å². The second kappa shape index (κ2) is 7.65. The van der Waals surface area contributed by atoms with Gasteiger partial charge in [0.2, 0.25) is 0 Å². The highest BCUT2D eigenvalue weighted by atomic mass is 32.1. The summed E-state index contributed by atoms with van der Waals surface area (Å²) >= 11 is 5.16. The van der Waals surface area contributed by atoms with Crippen molar-refractivity contribution < 1.29 is 9.66 Å². The largest absolute Gasteiger partial charge is 0.465 e. The van der Waals surface area contributed by atoms with Crippen LogP contribution < -0.4 is 5.32 Å². The molecule has 1 aromatic carbocycles. The lowest BCUT2D eigenvalue weighted by Crippen LogP contribution is -2.23. The minimum absolute atomic E-state index is 0.0407. The van der Waals surface area contributed by atoms with E-state index in [0.29, 0.717) is 12.2 Å². The van der Waals surface area contributed by atoms with Gasteiger partial charge >= 0.3 is 0 Å². The van der Waals surface area contributed by atoms with Crippen molar-refractivity contribution in [2.45, 2.75) is 39.3 Å². The highest BCUT2D eigenvalue weighted by molar-refractivity contribution is 7.80. The molecule has 0 fully saturated rings. The number of aromatic nitrogens is 1. The summed E-state index contributed by atoms with van der Waals surface area (Å²) in [5, 5.41) is 14.1. The minimum atomic E-state index is -0.429. The fraction of sp³-hybridized carbons (Fsp3) is 0.389. The summed E-state index contributed by atoms with van der Waals surface area (Å²) in [7, 11) is 1.74. The van der Waals surface area contributed by atoms with Crippen molar-refractivity contribution >= 4 is 23.1 Å². The van der Waals surface area contributed by atoms with Crippen molar-refractivity contribution in [3.63, 3.8) is 0 Å². The summed E-state index contributed by atoms with van der Waals surface area (Å²) in [6.45, 7) is 7.28. The molecule has 0 spiro atoms. The van der Waals surface area contributed by atoms with Crippen LogP contribution in [0.25, 0.3) is 0 Å². The fourth-order valence-electron chi connectivity index (χ4n) is 2.32. The molecule has 7 heteroatoms. The van der Waals surface area contributed by atoms with Crippen LogP contribution in [0.3, 0.4) is 0 Å². The summed E-state index contributed by atoms with van der Waals surface area (Å²) in [4.78, 5) is 10.3. The van der Waals surface area contributed by atoms with E-state index in [9.17, 15) is 10.1 Å². The molecule has 1 N–H and O–H groups in total. The van der Waals surface area contributed by atoms with Crippen LogP contribution in [0, 0.1) is 10.1 Å². The molecule has 0 bridgehead atoms. The molecule has 1 heterocycles. The number of rotatable bonds is 5. The number of hydrogen-bond acceptors (Lipinski definition) is 4. The molecule has 0 aliphatic heterocycles. The first-order valence-corrected chi connectivity index (χ1v) is 8.37. The van der Waals surface area contributed by atoms with E-state index in [0.717, 1.165) is 5.56 Å². The van der Waals surface area contributed by atoms with Crippen LogP contribution in [0.5, 0.6) is 0 Å². The van der Waals surface area contributed by atoms with Crippen LogP contribution in [0.2, 0.25) is 0 Å². The lowest BCUT2D eigenvalue weighted by Gasteiger charge is -2.19. The Morgan fingerprint density at radius 2 is 1.96 bits per heavy atom. The third-order valence-corrected chi connectivity index (χ3v) is 4.17. The van der Waals surface area contributed by atoms with E-state index in [1.165, 1.54) is 17.8 Å². The van der Waals surface area contributed by atoms with E-state index in [2.05, 4.69) is 50.4 Å². The van der Waals surface area contributed by atoms with Crippen molar-refractivity contribution in [3.05, 3.63) is 63.5 Å². The molecule has 1 aromatic heterocycles. The zero-order chi connectivity index (χ0) is 18.6. The van der Waals surface area contributed by atoms with Gasteiger partial charge in [-0.25, -0.2) is 0 Å². The average molecular weight is 361 g/mol. The Kier molecular flexibility index (Phi) is 5.79. The molecular formula is C18H23N3O3S. The number of nitro groups is 1. The number of nitrogens with zero attached hydrogens (tertiary/aromatic N) is 2. The second-order valence-corrected chi connectivity index (χ2v) is 7.31. The molecule has 134 valence electrons. The van der Waals surface area contributed by atoms with E-state index < -0.39 is 4.92 Å². The van der Waals surface area contributed by atoms with E-state index in [4.69, 9.17) is 17.0 Å². The van der Waals surface area contributed by atoms with Gasteiger partial charge in [-0.1, -0.05) is 45.0 Å². The van der Waals surface area contributed by atoms with E-state index >= 15 is 0 Å². The van der Waals surface area contributed by atoms with Crippen molar-refractivity contribution in [1.29, 1.82) is 0 Å². The molecule has 0 aliphatic carbocycles. The standard InChI is InChI=1S/C18H23N3O3S/c1-18(2,3)14-7-5-13(6-8-14)10-19-17(25)24-12-16-9-15(21(22)23)11-20(16)4/h5-9,11H,10,12H2,1-4H3,(H,19,25). The lowest BCUT2D eigenvalue weighted by molar-refractivity contribution is -0.384. The number of ether oxygens (including phenoxy) is 1. The molecule has 0 saturated carbocycles. The molecule has 0 amide bonds. The van der Waals surface area contributed by atoms with E-state index in [-0.39, 0.29) is 22.9 Å². The van der Waals surface area contributed by atoms with Gasteiger partial charge in [0.05, 0.1) is 16.8 Å². The SMILES string of the molecule is Cn1cc([N+](=O)[O-])cc1COC(=S)NCc1ccc(C(C)(C)C)cc1. The second-order valence-electron chi connectivity index (χ2n) is 6.93. The van der Waals surface area contributed by atoms with Gasteiger partial charge in [-0.2, -0.15) is 0 Å². The van der Waals surface area contributed by atoms with Gasteiger partial charge in [0.1, 0.15) is 6.61 Å². The molecule has 2 aromatic rings. The highest BCUT2D eigenvalue weighted by Crippen LogP contribution is 2.22. The highest BCUT2D eigenvalue weighted by Gasteiger charge is 2.14. The molecule has 2 rings (SSSR count). The first kappa shape index (κ1) is 18.9. The van der Waals surface area contributed by atoms with E-state index in [1.807, 2.05) is 0 Å². The molecule has 0 aliphatic rings. The molecule has 0 unspecified atom stereocenters. The number of thiocarbonyl (C=S) groups is 1. The Morgan fingerprint density at radius 3 is 2.48 bits per heavy atom. The Labute approximate surface area is 153 Å². The molecule has 0 saturated heterocycles. The fourth-order valence-corrected chi connectivity index (χ4v) is 2.45. The number of benzene rings is 1. The monoisotopic (exact) mass is 361 g/mol. The Balaban J connectivity index is 1.84. The maximum atomic E-state index is 10.8. The van der Waals surface area contributed by atoms with Crippen molar-refractivity contribution in [2.75, 3.05) is 0 Å². The van der Waals surface area contributed by atoms with Gasteiger partial charge < -0.3 is 14.6 Å². The van der Waals surface area contributed by atoms with Crippen LogP contribution in [0.15, 0.2) is 36.5 Å². The smallest absolute Gasteiger partial charge is 0.287 e. The zero-order valence-corrected chi connectivity index (χ0v) is 15.7. The maximum Gasteiger partial charge on any atom is 0.287 e. The minimum Gasteiger partial charge on any atom is -0.465 e. The van der Waals surface area contributed by atoms with Crippen molar-refractivity contribution in [1.82, 2.24) is 9.88 Å².